The second-order valence-corrected chi connectivity index (χ2v) is 5.66. The molecule has 1 amide bonds. The number of fused-ring (bicyclic) bond motifs is 1. The molecule has 1 unspecified atom stereocenters. The van der Waals surface area contributed by atoms with Crippen molar-refractivity contribution < 1.29 is 9.90 Å². The van der Waals surface area contributed by atoms with Gasteiger partial charge in [-0.3, -0.25) is 9.89 Å². The highest BCUT2D eigenvalue weighted by Crippen LogP contribution is 2.17. The summed E-state index contributed by atoms with van der Waals surface area (Å²) in [4.78, 5) is 16.3. The number of aliphatic hydroxyl groups excluding tert-OH is 1. The smallest absolute Gasteiger partial charge is 0.252 e. The number of pyridine rings is 1. The Morgan fingerprint density at radius 2 is 2.13 bits per heavy atom. The van der Waals surface area contributed by atoms with Crippen LogP contribution in [-0.2, 0) is 0 Å². The van der Waals surface area contributed by atoms with E-state index in [1.165, 1.54) is 6.20 Å². The Labute approximate surface area is 137 Å². The molecule has 0 fully saturated rings. The number of carbonyl (C=O) groups is 1. The molecule has 6 nitrogen and oxygen atoms in total. The molecule has 3 aromatic rings. The molecule has 1 atom stereocenters. The average molecular weight is 331 g/mol. The summed E-state index contributed by atoms with van der Waals surface area (Å²) in [6.45, 7) is 1.96. The first-order valence-corrected chi connectivity index (χ1v) is 7.45. The van der Waals surface area contributed by atoms with E-state index in [1.54, 1.807) is 30.3 Å². The molecule has 0 radical (unpaired) electrons. The third kappa shape index (κ3) is 3.33. The molecular formula is C16H15ClN4O2. The van der Waals surface area contributed by atoms with Gasteiger partial charge in [0.05, 0.1) is 11.7 Å². The number of halogens is 1. The monoisotopic (exact) mass is 330 g/mol. The van der Waals surface area contributed by atoms with Gasteiger partial charge in [-0.2, -0.15) is 5.10 Å². The third-order valence-electron chi connectivity index (χ3n) is 3.57. The molecule has 0 spiro atoms. The van der Waals surface area contributed by atoms with Crippen molar-refractivity contribution in [2.75, 3.05) is 6.54 Å². The van der Waals surface area contributed by atoms with Crippen molar-refractivity contribution in [3.63, 3.8) is 0 Å². The third-order valence-corrected chi connectivity index (χ3v) is 3.83. The lowest BCUT2D eigenvalue weighted by Crippen LogP contribution is -2.28. The van der Waals surface area contributed by atoms with Gasteiger partial charge in [-0.1, -0.05) is 23.7 Å². The van der Waals surface area contributed by atoms with Crippen molar-refractivity contribution >= 4 is 28.5 Å². The van der Waals surface area contributed by atoms with E-state index in [1.807, 2.05) is 6.92 Å². The maximum atomic E-state index is 12.2. The summed E-state index contributed by atoms with van der Waals surface area (Å²) in [7, 11) is 0. The van der Waals surface area contributed by atoms with E-state index in [-0.39, 0.29) is 12.5 Å². The Bertz CT molecular complexity index is 845. The number of aryl methyl sites for hydroxylation is 1. The van der Waals surface area contributed by atoms with Crippen molar-refractivity contribution in [2.45, 2.75) is 13.0 Å². The summed E-state index contributed by atoms with van der Waals surface area (Å²) in [6, 6.07) is 8.57. The zero-order valence-electron chi connectivity index (χ0n) is 12.4. The Morgan fingerprint density at radius 1 is 1.39 bits per heavy atom. The average Bonchev–Trinajstić information content (AvgIpc) is 2.93. The number of hydrogen-bond donors (Lipinski definition) is 3. The van der Waals surface area contributed by atoms with Crippen molar-refractivity contribution in [2.24, 2.45) is 0 Å². The number of amides is 1. The number of hydrogen-bond acceptors (Lipinski definition) is 4. The summed E-state index contributed by atoms with van der Waals surface area (Å²) in [5.41, 5.74) is 2.53. The lowest BCUT2D eigenvalue weighted by molar-refractivity contribution is 0.0916. The second kappa shape index (κ2) is 6.36. The number of carbonyl (C=O) groups excluding carboxylic acids is 1. The molecule has 0 bridgehead atoms. The van der Waals surface area contributed by atoms with Gasteiger partial charge in [0.15, 0.2) is 5.65 Å². The molecule has 2 aromatic heterocycles. The molecule has 0 aliphatic heterocycles. The van der Waals surface area contributed by atoms with Crippen LogP contribution in [0.1, 0.15) is 27.7 Å². The van der Waals surface area contributed by atoms with Gasteiger partial charge >= 0.3 is 0 Å². The number of aliphatic hydroxyl groups is 1. The fourth-order valence-electron chi connectivity index (χ4n) is 2.24. The van der Waals surface area contributed by atoms with Crippen LogP contribution in [-0.4, -0.2) is 32.7 Å². The quantitative estimate of drug-likeness (QED) is 0.685. The molecule has 0 aliphatic carbocycles. The Hall–Kier alpha value is -2.44. The van der Waals surface area contributed by atoms with E-state index in [2.05, 4.69) is 20.5 Å². The molecule has 7 heteroatoms. The molecule has 2 heterocycles. The lowest BCUT2D eigenvalue weighted by atomic mass is 10.1. The topological polar surface area (TPSA) is 90.9 Å². The fraction of sp³-hybridized carbons (Fsp3) is 0.188. The SMILES string of the molecule is Cc1[nH]nc2ncc(C(=O)NCC(O)c3ccc(Cl)cc3)cc12. The van der Waals surface area contributed by atoms with Gasteiger partial charge in [0, 0.05) is 28.8 Å². The number of rotatable bonds is 4. The predicted octanol–water partition coefficient (Wildman–Crippen LogP) is 2.38. The number of H-pyrrole nitrogens is 1. The minimum atomic E-state index is -0.802. The highest BCUT2D eigenvalue weighted by atomic mass is 35.5. The van der Waals surface area contributed by atoms with E-state index < -0.39 is 6.10 Å². The van der Waals surface area contributed by atoms with Crippen molar-refractivity contribution in [3.05, 3.63) is 58.4 Å². The van der Waals surface area contributed by atoms with Gasteiger partial charge in [0.1, 0.15) is 0 Å². The van der Waals surface area contributed by atoms with Crippen molar-refractivity contribution in [3.8, 4) is 0 Å². The Kier molecular flexibility index (Phi) is 4.27. The summed E-state index contributed by atoms with van der Waals surface area (Å²) >= 11 is 5.81. The van der Waals surface area contributed by atoms with Gasteiger partial charge in [0.25, 0.3) is 5.91 Å². The van der Waals surface area contributed by atoms with E-state index in [4.69, 9.17) is 11.6 Å². The maximum absolute atomic E-state index is 12.2. The number of nitrogens with one attached hydrogen (secondary N) is 2. The summed E-state index contributed by atoms with van der Waals surface area (Å²) < 4.78 is 0. The second-order valence-electron chi connectivity index (χ2n) is 5.22. The molecular weight excluding hydrogens is 316 g/mol. The molecule has 23 heavy (non-hydrogen) atoms. The van der Waals surface area contributed by atoms with Crippen LogP contribution in [0, 0.1) is 6.92 Å². The van der Waals surface area contributed by atoms with Crippen LogP contribution in [0.25, 0.3) is 11.0 Å². The fourth-order valence-corrected chi connectivity index (χ4v) is 2.36. The first kappa shape index (κ1) is 15.5. The molecule has 3 N–H and O–H groups in total. The van der Waals surface area contributed by atoms with Gasteiger partial charge < -0.3 is 10.4 Å². The maximum Gasteiger partial charge on any atom is 0.252 e. The Morgan fingerprint density at radius 3 is 2.87 bits per heavy atom. The van der Waals surface area contributed by atoms with Crippen LogP contribution in [0.2, 0.25) is 5.02 Å². The van der Waals surface area contributed by atoms with Gasteiger partial charge in [-0.05, 0) is 30.7 Å². The molecule has 118 valence electrons. The van der Waals surface area contributed by atoms with Gasteiger partial charge in [-0.15, -0.1) is 0 Å². The van der Waals surface area contributed by atoms with E-state index in [0.29, 0.717) is 21.8 Å². The summed E-state index contributed by atoms with van der Waals surface area (Å²) in [5.74, 6) is -0.298. The number of nitrogens with zero attached hydrogens (tertiary/aromatic N) is 2. The van der Waals surface area contributed by atoms with E-state index in [9.17, 15) is 9.90 Å². The first-order valence-electron chi connectivity index (χ1n) is 7.07. The standard InChI is InChI=1S/C16H15ClN4O2/c1-9-13-6-11(7-18-15(13)21-20-9)16(23)19-8-14(22)10-2-4-12(17)5-3-10/h2-7,14,22H,8H2,1H3,(H,19,23)(H,18,20,21). The zero-order chi connectivity index (χ0) is 16.4. The first-order chi connectivity index (χ1) is 11.0. The normalized spacial score (nSPS) is 12.3. The highest BCUT2D eigenvalue weighted by molar-refractivity contribution is 6.30. The summed E-state index contributed by atoms with van der Waals surface area (Å²) in [6.07, 6.45) is 0.663. The number of aromatic amines is 1. The van der Waals surface area contributed by atoms with Crippen LogP contribution < -0.4 is 5.32 Å². The van der Waals surface area contributed by atoms with Crippen molar-refractivity contribution in [1.29, 1.82) is 0 Å². The molecule has 0 saturated heterocycles. The van der Waals surface area contributed by atoms with Gasteiger partial charge in [-0.25, -0.2) is 4.98 Å². The van der Waals surface area contributed by atoms with E-state index in [0.717, 1.165) is 11.1 Å². The molecule has 1 aromatic carbocycles. The molecule has 0 saturated carbocycles. The van der Waals surface area contributed by atoms with Crippen molar-refractivity contribution in [1.82, 2.24) is 20.5 Å². The Balaban J connectivity index is 1.68. The summed E-state index contributed by atoms with van der Waals surface area (Å²) in [5, 5.41) is 21.0. The number of benzene rings is 1. The zero-order valence-corrected chi connectivity index (χ0v) is 13.1. The molecule has 0 aliphatic rings. The largest absolute Gasteiger partial charge is 0.387 e. The van der Waals surface area contributed by atoms with Crippen LogP contribution >= 0.6 is 11.6 Å². The minimum Gasteiger partial charge on any atom is -0.387 e. The molecule has 3 rings (SSSR count). The number of aromatic nitrogens is 3. The van der Waals surface area contributed by atoms with Gasteiger partial charge in [0.2, 0.25) is 0 Å². The van der Waals surface area contributed by atoms with E-state index >= 15 is 0 Å². The van der Waals surface area contributed by atoms with Crippen LogP contribution in [0.4, 0.5) is 0 Å². The van der Waals surface area contributed by atoms with Crippen LogP contribution in [0.3, 0.4) is 0 Å². The highest BCUT2D eigenvalue weighted by Gasteiger charge is 2.13. The van der Waals surface area contributed by atoms with Crippen LogP contribution in [0.5, 0.6) is 0 Å². The lowest BCUT2D eigenvalue weighted by Gasteiger charge is -2.12. The van der Waals surface area contributed by atoms with Crippen LogP contribution in [0.15, 0.2) is 36.5 Å². The predicted molar refractivity (Wildman–Crippen MR) is 87.4 cm³/mol. The minimum absolute atomic E-state index is 0.100.